The molecule has 1 aliphatic heterocycles. The maximum Gasteiger partial charge on any atom is 2.00 e. The quantitative estimate of drug-likeness (QED) is 0.169. The molecule has 2 atom stereocenters. The summed E-state index contributed by atoms with van der Waals surface area (Å²) in [6.45, 7) is 13.4. The first kappa shape index (κ1) is 30.6. The number of hydrogen-bond acceptors (Lipinski definition) is 4. The monoisotopic (exact) mass is 783 g/mol. The zero-order chi connectivity index (χ0) is 31.1. The Bertz CT molecular complexity index is 2170. The second kappa shape index (κ2) is 11.0. The van der Waals surface area contributed by atoms with Gasteiger partial charge in [0.05, 0.1) is 0 Å². The summed E-state index contributed by atoms with van der Waals surface area (Å²) in [5.74, 6) is 0.610. The van der Waals surface area contributed by atoms with Crippen molar-refractivity contribution in [2.75, 3.05) is 0 Å². The predicted octanol–water partition coefficient (Wildman–Crippen LogP) is 8.88. The fourth-order valence-corrected chi connectivity index (χ4v) is 6.70. The number of aliphatic imine (C=N–C) groups is 1. The molecule has 0 amide bonds. The Morgan fingerprint density at radius 2 is 1.59 bits per heavy atom. The molecule has 232 valence electrons. The van der Waals surface area contributed by atoms with Crippen molar-refractivity contribution < 1.29 is 25.8 Å². The predicted molar refractivity (Wildman–Crippen MR) is 181 cm³/mol. The first-order valence-electron chi connectivity index (χ1n) is 15.7. The Morgan fingerprint density at radius 1 is 0.804 bits per heavy atom. The molecule has 6 aromatic rings. The van der Waals surface area contributed by atoms with E-state index < -0.39 is 0 Å². The SMILES string of the molecule is CC(C)(C)c1ccnc(-c2[c-]c3c(cc2)c2ccccc2n3-c2[c-]c(C3=N[C@@H]4c5ccc(C(C)(C)C)cc5C[C@@H]4O3)cnc2)c1.[Pt+2]. The molecule has 6 heteroatoms. The summed E-state index contributed by atoms with van der Waals surface area (Å²) in [7, 11) is 0. The number of pyridine rings is 2. The van der Waals surface area contributed by atoms with Crippen LogP contribution in [0.25, 0.3) is 38.8 Å². The molecule has 0 spiro atoms. The van der Waals surface area contributed by atoms with Crippen LogP contribution in [0.1, 0.15) is 75.4 Å². The summed E-state index contributed by atoms with van der Waals surface area (Å²) in [5.41, 5.74) is 10.8. The Balaban J connectivity index is 0.00000338. The molecule has 0 saturated carbocycles. The molecule has 8 rings (SSSR count). The zero-order valence-corrected chi connectivity index (χ0v) is 29.2. The van der Waals surface area contributed by atoms with Crippen LogP contribution in [0.5, 0.6) is 0 Å². The van der Waals surface area contributed by atoms with E-state index in [1.54, 1.807) is 6.20 Å². The second-order valence-electron chi connectivity index (χ2n) is 14.4. The van der Waals surface area contributed by atoms with Gasteiger partial charge < -0.3 is 19.3 Å². The minimum Gasteiger partial charge on any atom is -0.514 e. The minimum absolute atomic E-state index is 0. The van der Waals surface area contributed by atoms with Gasteiger partial charge in [-0.2, -0.15) is 0 Å². The standard InChI is InChI=1S/C40H36N4O.Pt/c1-39(2,3)27-12-14-30-25(17-27)20-36-37(30)43-38(45-36)26-18-29(23-41-22-26)44-34-10-8-7-9-31(34)32-13-11-24(19-35(32)44)33-21-28(15-16-42-33)40(4,5)6;/h7-17,21-23,36-37H,20H2,1-6H3;/q-2;+2/t36-,37+;/m0./s1. The fraction of sp³-hybridized carbons (Fsp3) is 0.275. The third-order valence-electron chi connectivity index (χ3n) is 9.24. The van der Waals surface area contributed by atoms with Gasteiger partial charge in [-0.05, 0) is 73.7 Å². The zero-order valence-electron chi connectivity index (χ0n) is 27.0. The number of benzene rings is 3. The maximum absolute atomic E-state index is 6.50. The van der Waals surface area contributed by atoms with Crippen molar-refractivity contribution in [2.24, 2.45) is 4.99 Å². The van der Waals surface area contributed by atoms with Gasteiger partial charge in [0.15, 0.2) is 0 Å². The van der Waals surface area contributed by atoms with Gasteiger partial charge >= 0.3 is 21.1 Å². The van der Waals surface area contributed by atoms with E-state index in [1.807, 2.05) is 12.4 Å². The molecule has 1 aliphatic carbocycles. The molecule has 0 bridgehead atoms. The average Bonchev–Trinajstić information content (AvgIpc) is 3.69. The van der Waals surface area contributed by atoms with Crippen molar-refractivity contribution in [3.05, 3.63) is 125 Å². The van der Waals surface area contributed by atoms with Crippen molar-refractivity contribution in [3.8, 4) is 16.9 Å². The number of rotatable bonds is 3. The van der Waals surface area contributed by atoms with Crippen LogP contribution in [-0.4, -0.2) is 26.5 Å². The van der Waals surface area contributed by atoms with Crippen LogP contribution >= 0.6 is 0 Å². The van der Waals surface area contributed by atoms with Crippen molar-refractivity contribution in [1.82, 2.24) is 14.5 Å². The van der Waals surface area contributed by atoms with Crippen molar-refractivity contribution in [2.45, 2.75) is 70.9 Å². The third kappa shape index (κ3) is 5.10. The Hall–Kier alpha value is -4.08. The van der Waals surface area contributed by atoms with E-state index in [-0.39, 0.29) is 44.0 Å². The first-order chi connectivity index (χ1) is 21.5. The van der Waals surface area contributed by atoms with Crippen LogP contribution in [-0.2, 0) is 43.1 Å². The number of hydrogen-bond donors (Lipinski definition) is 0. The Labute approximate surface area is 285 Å². The number of nitrogens with zero attached hydrogens (tertiary/aromatic N) is 4. The second-order valence-corrected chi connectivity index (χ2v) is 14.4. The van der Waals surface area contributed by atoms with E-state index in [4.69, 9.17) is 14.7 Å². The van der Waals surface area contributed by atoms with Crippen LogP contribution in [0.15, 0.2) is 90.3 Å². The molecule has 0 unspecified atom stereocenters. The van der Waals surface area contributed by atoms with E-state index >= 15 is 0 Å². The molecule has 0 radical (unpaired) electrons. The smallest absolute Gasteiger partial charge is 0.514 e. The number of para-hydroxylation sites is 1. The van der Waals surface area contributed by atoms with E-state index in [0.717, 1.165) is 50.7 Å². The van der Waals surface area contributed by atoms with Gasteiger partial charge in [0.2, 0.25) is 0 Å². The molecular formula is C40H36N4OPt. The van der Waals surface area contributed by atoms with Crippen molar-refractivity contribution in [1.29, 1.82) is 0 Å². The van der Waals surface area contributed by atoms with Crippen LogP contribution in [0.4, 0.5) is 0 Å². The van der Waals surface area contributed by atoms with Gasteiger partial charge in [0.25, 0.3) is 0 Å². The third-order valence-corrected chi connectivity index (χ3v) is 9.24. The van der Waals surface area contributed by atoms with Gasteiger partial charge in [-0.15, -0.1) is 29.8 Å². The minimum atomic E-state index is 0. The number of fused-ring (bicyclic) bond motifs is 6. The largest absolute Gasteiger partial charge is 2.00 e. The van der Waals surface area contributed by atoms with E-state index in [2.05, 4.69) is 130 Å². The molecule has 2 aliphatic rings. The molecule has 0 saturated heterocycles. The normalized spacial score (nSPS) is 17.4. The summed E-state index contributed by atoms with van der Waals surface area (Å²) < 4.78 is 8.69. The van der Waals surface area contributed by atoms with Crippen LogP contribution in [0.3, 0.4) is 0 Å². The summed E-state index contributed by atoms with van der Waals surface area (Å²) >= 11 is 0. The molecule has 3 aromatic heterocycles. The molecule has 46 heavy (non-hydrogen) atoms. The summed E-state index contributed by atoms with van der Waals surface area (Å²) in [6.07, 6.45) is 6.41. The van der Waals surface area contributed by atoms with Gasteiger partial charge in [-0.3, -0.25) is 4.99 Å². The van der Waals surface area contributed by atoms with Gasteiger partial charge in [0.1, 0.15) is 18.0 Å². The van der Waals surface area contributed by atoms with E-state index in [1.165, 1.54) is 22.3 Å². The maximum atomic E-state index is 6.50. The summed E-state index contributed by atoms with van der Waals surface area (Å²) in [6, 6.07) is 31.2. The van der Waals surface area contributed by atoms with Gasteiger partial charge in [0, 0.05) is 18.1 Å². The van der Waals surface area contributed by atoms with Crippen molar-refractivity contribution >= 4 is 27.7 Å². The summed E-state index contributed by atoms with van der Waals surface area (Å²) in [4.78, 5) is 14.5. The molecule has 3 aromatic carbocycles. The topological polar surface area (TPSA) is 52.3 Å². The molecule has 0 N–H and O–H groups in total. The van der Waals surface area contributed by atoms with Crippen LogP contribution < -0.4 is 0 Å². The molecule has 4 heterocycles. The number of aromatic nitrogens is 3. The number of ether oxygens (including phenoxy) is 1. The Kier molecular flexibility index (Phi) is 7.32. The van der Waals surface area contributed by atoms with E-state index in [0.29, 0.717) is 5.90 Å². The van der Waals surface area contributed by atoms with Gasteiger partial charge in [-0.25, -0.2) is 0 Å². The van der Waals surface area contributed by atoms with Crippen LogP contribution in [0.2, 0.25) is 0 Å². The average molecular weight is 784 g/mol. The Morgan fingerprint density at radius 3 is 2.39 bits per heavy atom. The van der Waals surface area contributed by atoms with Crippen molar-refractivity contribution in [3.63, 3.8) is 0 Å². The summed E-state index contributed by atoms with van der Waals surface area (Å²) in [5, 5.41) is 2.27. The molecule has 0 fully saturated rings. The molecular weight excluding hydrogens is 748 g/mol. The van der Waals surface area contributed by atoms with Gasteiger partial charge in [-0.1, -0.05) is 101 Å². The molecule has 5 nitrogen and oxygen atoms in total. The van der Waals surface area contributed by atoms with Crippen LogP contribution in [0, 0.1) is 12.1 Å². The van der Waals surface area contributed by atoms with E-state index in [9.17, 15) is 0 Å². The fourth-order valence-electron chi connectivity index (χ4n) is 6.70. The first-order valence-corrected chi connectivity index (χ1v) is 15.7.